The number of halogens is 4. The molecule has 2 atom stereocenters. The third kappa shape index (κ3) is 6.28. The zero-order chi connectivity index (χ0) is 18.7. The van der Waals surface area contributed by atoms with Crippen molar-refractivity contribution >= 4 is 18.3 Å². The number of hydrogen-bond acceptors (Lipinski definition) is 3. The molecule has 2 fully saturated rings. The second kappa shape index (κ2) is 9.15. The van der Waals surface area contributed by atoms with Crippen LogP contribution in [0.3, 0.4) is 0 Å². The van der Waals surface area contributed by atoms with Crippen molar-refractivity contribution in [3.63, 3.8) is 0 Å². The number of carbonyl (C=O) groups is 1. The van der Waals surface area contributed by atoms with Crippen LogP contribution in [0.25, 0.3) is 0 Å². The highest BCUT2D eigenvalue weighted by atomic mass is 35.5. The van der Waals surface area contributed by atoms with E-state index in [2.05, 4.69) is 10.1 Å². The molecular weight excluding hydrogens is 381 g/mol. The predicted octanol–water partition coefficient (Wildman–Crippen LogP) is 3.96. The summed E-state index contributed by atoms with van der Waals surface area (Å²) in [7, 11) is 0. The van der Waals surface area contributed by atoms with Gasteiger partial charge >= 0.3 is 6.36 Å². The number of rotatable bonds is 5. The van der Waals surface area contributed by atoms with Crippen LogP contribution in [-0.4, -0.2) is 24.4 Å². The molecular formula is C19H26ClF3N2O2. The molecule has 27 heavy (non-hydrogen) atoms. The molecule has 2 aliphatic carbocycles. The minimum absolute atomic E-state index is 0. The summed E-state index contributed by atoms with van der Waals surface area (Å²) in [5.74, 6) is 0.690. The summed E-state index contributed by atoms with van der Waals surface area (Å²) in [4.78, 5) is 12.3. The quantitative estimate of drug-likeness (QED) is 0.777. The van der Waals surface area contributed by atoms with Crippen molar-refractivity contribution in [3.8, 4) is 5.75 Å². The largest absolute Gasteiger partial charge is 0.573 e. The smallest absolute Gasteiger partial charge is 0.406 e. The van der Waals surface area contributed by atoms with Gasteiger partial charge in [0.1, 0.15) is 5.75 Å². The molecule has 0 spiro atoms. The number of ether oxygens (including phenoxy) is 1. The van der Waals surface area contributed by atoms with Crippen molar-refractivity contribution < 1.29 is 22.7 Å². The van der Waals surface area contributed by atoms with E-state index in [-0.39, 0.29) is 36.1 Å². The number of nitrogens with one attached hydrogen (secondary N) is 1. The topological polar surface area (TPSA) is 64.3 Å². The molecule has 2 bridgehead atoms. The highest BCUT2D eigenvalue weighted by Crippen LogP contribution is 2.39. The molecule has 0 aromatic heterocycles. The summed E-state index contributed by atoms with van der Waals surface area (Å²) in [6.07, 6.45) is 1.51. The monoisotopic (exact) mass is 406 g/mol. The average molecular weight is 407 g/mol. The lowest BCUT2D eigenvalue weighted by Crippen LogP contribution is -2.53. The molecule has 3 rings (SSSR count). The van der Waals surface area contributed by atoms with E-state index in [0.717, 1.165) is 31.2 Å². The summed E-state index contributed by atoms with van der Waals surface area (Å²) in [6.45, 7) is 0. The summed E-state index contributed by atoms with van der Waals surface area (Å²) in [5, 5.41) is 3.19. The molecule has 152 valence electrons. The fraction of sp³-hybridized carbons (Fsp3) is 0.632. The number of hydrogen-bond donors (Lipinski definition) is 2. The number of benzene rings is 1. The summed E-state index contributed by atoms with van der Waals surface area (Å²) in [6, 6.07) is 6.13. The van der Waals surface area contributed by atoms with Gasteiger partial charge in [0.15, 0.2) is 0 Å². The van der Waals surface area contributed by atoms with E-state index in [1.165, 1.54) is 18.6 Å². The lowest BCUT2D eigenvalue weighted by Gasteiger charge is -2.45. The first kappa shape index (κ1) is 21.8. The Morgan fingerprint density at radius 1 is 1.15 bits per heavy atom. The molecule has 8 heteroatoms. The van der Waals surface area contributed by atoms with Crippen molar-refractivity contribution in [1.29, 1.82) is 0 Å². The minimum atomic E-state index is -4.69. The van der Waals surface area contributed by atoms with Crippen molar-refractivity contribution in [1.82, 2.24) is 5.32 Å². The van der Waals surface area contributed by atoms with Gasteiger partial charge in [-0.25, -0.2) is 0 Å². The Labute approximate surface area is 163 Å². The minimum Gasteiger partial charge on any atom is -0.406 e. The van der Waals surface area contributed by atoms with E-state index in [1.807, 2.05) is 0 Å². The van der Waals surface area contributed by atoms with Crippen LogP contribution in [0.1, 0.15) is 44.1 Å². The van der Waals surface area contributed by atoms with E-state index in [1.54, 1.807) is 12.1 Å². The Hall–Kier alpha value is -1.47. The van der Waals surface area contributed by atoms with Gasteiger partial charge in [0.25, 0.3) is 0 Å². The third-order valence-corrected chi connectivity index (χ3v) is 5.50. The van der Waals surface area contributed by atoms with Crippen molar-refractivity contribution in [3.05, 3.63) is 29.8 Å². The van der Waals surface area contributed by atoms with Crippen molar-refractivity contribution in [2.75, 3.05) is 0 Å². The Balaban J connectivity index is 0.00000261. The zero-order valence-electron chi connectivity index (χ0n) is 15.0. The second-order valence-electron chi connectivity index (χ2n) is 7.47. The van der Waals surface area contributed by atoms with Crippen LogP contribution in [0.2, 0.25) is 0 Å². The molecule has 1 aromatic rings. The third-order valence-electron chi connectivity index (χ3n) is 5.50. The van der Waals surface area contributed by atoms with Crippen LogP contribution in [0.15, 0.2) is 24.3 Å². The molecule has 0 aliphatic heterocycles. The van der Waals surface area contributed by atoms with Gasteiger partial charge in [-0.05, 0) is 61.6 Å². The summed E-state index contributed by atoms with van der Waals surface area (Å²) >= 11 is 0. The molecule has 3 N–H and O–H groups in total. The van der Waals surface area contributed by atoms with Crippen LogP contribution in [0, 0.1) is 11.8 Å². The first-order valence-corrected chi connectivity index (χ1v) is 9.20. The van der Waals surface area contributed by atoms with E-state index >= 15 is 0 Å². The lowest BCUT2D eigenvalue weighted by atomic mass is 9.67. The predicted molar refractivity (Wildman–Crippen MR) is 98.7 cm³/mol. The fourth-order valence-corrected chi connectivity index (χ4v) is 4.40. The fourth-order valence-electron chi connectivity index (χ4n) is 4.40. The lowest BCUT2D eigenvalue weighted by molar-refractivity contribution is -0.274. The van der Waals surface area contributed by atoms with Gasteiger partial charge in [-0.15, -0.1) is 25.6 Å². The number of fused-ring (bicyclic) bond motifs is 2. The summed E-state index contributed by atoms with van der Waals surface area (Å²) in [5.41, 5.74) is 6.92. The van der Waals surface area contributed by atoms with E-state index in [9.17, 15) is 18.0 Å². The first-order valence-electron chi connectivity index (χ1n) is 9.20. The second-order valence-corrected chi connectivity index (χ2v) is 7.47. The maximum atomic E-state index is 12.3. The number of nitrogens with two attached hydrogens (primary N) is 1. The van der Waals surface area contributed by atoms with Gasteiger partial charge < -0.3 is 15.8 Å². The Bertz CT molecular complexity index is 610. The maximum absolute atomic E-state index is 12.3. The van der Waals surface area contributed by atoms with Gasteiger partial charge in [0.2, 0.25) is 5.91 Å². The molecule has 2 aliphatic rings. The Morgan fingerprint density at radius 3 is 2.30 bits per heavy atom. The highest BCUT2D eigenvalue weighted by molar-refractivity contribution is 5.85. The highest BCUT2D eigenvalue weighted by Gasteiger charge is 2.39. The van der Waals surface area contributed by atoms with E-state index in [0.29, 0.717) is 24.7 Å². The normalized spacial score (nSPS) is 27.4. The van der Waals surface area contributed by atoms with Crippen LogP contribution in [0.4, 0.5) is 13.2 Å². The average Bonchev–Trinajstić information content (AvgIpc) is 2.54. The SMILES string of the molecule is Cl.NC1CC2CCCC(C1)C2NC(=O)CCc1ccc(OC(F)(F)F)cc1. The summed E-state index contributed by atoms with van der Waals surface area (Å²) < 4.78 is 40.3. The molecule has 1 aromatic carbocycles. The van der Waals surface area contributed by atoms with Gasteiger partial charge in [-0.1, -0.05) is 18.6 Å². The van der Waals surface area contributed by atoms with Crippen LogP contribution < -0.4 is 15.8 Å². The zero-order valence-corrected chi connectivity index (χ0v) is 15.8. The number of alkyl halides is 3. The first-order chi connectivity index (χ1) is 12.3. The van der Waals surface area contributed by atoms with E-state index in [4.69, 9.17) is 5.73 Å². The van der Waals surface area contributed by atoms with Gasteiger partial charge in [-0.2, -0.15) is 0 Å². The van der Waals surface area contributed by atoms with Crippen molar-refractivity contribution in [2.45, 2.75) is 63.4 Å². The van der Waals surface area contributed by atoms with Crippen LogP contribution in [-0.2, 0) is 11.2 Å². The van der Waals surface area contributed by atoms with Crippen LogP contribution >= 0.6 is 12.4 Å². The van der Waals surface area contributed by atoms with Gasteiger partial charge in [-0.3, -0.25) is 4.79 Å². The number of aryl methyl sites for hydroxylation is 1. The number of carbonyl (C=O) groups excluding carboxylic acids is 1. The maximum Gasteiger partial charge on any atom is 0.573 e. The molecule has 4 nitrogen and oxygen atoms in total. The standard InChI is InChI=1S/C19H25F3N2O2.ClH/c20-19(21,22)26-16-7-4-12(5-8-16)6-9-17(25)24-18-13-2-1-3-14(18)11-15(23)10-13;/h4-5,7-8,13-15,18H,1-3,6,9-11,23H2,(H,24,25);1H. The molecule has 0 heterocycles. The molecule has 0 saturated heterocycles. The molecule has 2 unspecified atom stereocenters. The van der Waals surface area contributed by atoms with E-state index < -0.39 is 6.36 Å². The van der Waals surface area contributed by atoms with Gasteiger partial charge in [0.05, 0.1) is 0 Å². The van der Waals surface area contributed by atoms with Crippen molar-refractivity contribution in [2.24, 2.45) is 17.6 Å². The van der Waals surface area contributed by atoms with Crippen LogP contribution in [0.5, 0.6) is 5.75 Å². The number of amides is 1. The van der Waals surface area contributed by atoms with Gasteiger partial charge in [0, 0.05) is 18.5 Å². The Morgan fingerprint density at radius 2 is 1.74 bits per heavy atom. The molecule has 0 radical (unpaired) electrons. The molecule has 1 amide bonds. The Kier molecular flexibility index (Phi) is 7.40. The molecule has 2 saturated carbocycles.